The molecule has 0 aromatic heterocycles. The lowest BCUT2D eigenvalue weighted by molar-refractivity contribution is -0.144. The van der Waals surface area contributed by atoms with E-state index in [2.05, 4.69) is 0 Å². The normalized spacial score (nSPS) is 29.6. The summed E-state index contributed by atoms with van der Waals surface area (Å²) >= 11 is 0. The summed E-state index contributed by atoms with van der Waals surface area (Å²) in [5, 5.41) is 20.3. The molecule has 4 atom stereocenters. The van der Waals surface area contributed by atoms with Gasteiger partial charge in [-0.25, -0.2) is 0 Å². The number of fused-ring (bicyclic) bond motifs is 7. The van der Waals surface area contributed by atoms with E-state index in [0.29, 0.717) is 0 Å². The Balaban J connectivity index is 2.04. The van der Waals surface area contributed by atoms with Crippen LogP contribution in [0.15, 0.2) is 48.5 Å². The molecule has 100 valence electrons. The van der Waals surface area contributed by atoms with E-state index in [0.717, 1.165) is 22.3 Å². The Labute approximate surface area is 116 Å². The van der Waals surface area contributed by atoms with E-state index in [4.69, 9.17) is 0 Å². The van der Waals surface area contributed by atoms with Crippen molar-refractivity contribution in [3.05, 3.63) is 70.8 Å². The molecule has 0 heterocycles. The van der Waals surface area contributed by atoms with Crippen molar-refractivity contribution in [2.24, 2.45) is 5.92 Å². The van der Waals surface area contributed by atoms with Crippen LogP contribution in [0.5, 0.6) is 0 Å². The van der Waals surface area contributed by atoms with Gasteiger partial charge in [-0.15, -0.1) is 0 Å². The fourth-order valence-corrected chi connectivity index (χ4v) is 3.97. The summed E-state index contributed by atoms with van der Waals surface area (Å²) in [7, 11) is 0. The fourth-order valence-electron chi connectivity index (χ4n) is 3.97. The van der Waals surface area contributed by atoms with E-state index < -0.39 is 18.0 Å². The van der Waals surface area contributed by atoms with Crippen molar-refractivity contribution >= 4 is 5.97 Å². The number of carbonyl (C=O) groups is 1. The molecule has 0 saturated heterocycles. The molecule has 0 radical (unpaired) electrons. The van der Waals surface area contributed by atoms with Crippen LogP contribution in [0.3, 0.4) is 0 Å². The van der Waals surface area contributed by atoms with E-state index in [1.165, 1.54) is 0 Å². The van der Waals surface area contributed by atoms with Crippen molar-refractivity contribution in [1.29, 1.82) is 0 Å². The second-order valence-corrected chi connectivity index (χ2v) is 5.57. The van der Waals surface area contributed by atoms with Crippen molar-refractivity contribution in [2.75, 3.05) is 0 Å². The molecular weight excluding hydrogens is 252 g/mol. The molecule has 2 bridgehead atoms. The van der Waals surface area contributed by atoms with Gasteiger partial charge in [-0.3, -0.25) is 4.79 Å². The SMILES string of the molecule is O=C(O)C1C2c3ccccc3C(O)C1c1ccccc12. The van der Waals surface area contributed by atoms with Gasteiger partial charge in [-0.2, -0.15) is 0 Å². The highest BCUT2D eigenvalue weighted by atomic mass is 16.4. The quantitative estimate of drug-likeness (QED) is 0.834. The summed E-state index contributed by atoms with van der Waals surface area (Å²) < 4.78 is 0. The number of carboxylic acids is 1. The number of hydrogen-bond donors (Lipinski definition) is 2. The molecule has 4 rings (SSSR count). The fraction of sp³-hybridized carbons (Fsp3) is 0.235. The Morgan fingerprint density at radius 1 is 0.850 bits per heavy atom. The molecule has 2 aromatic rings. The predicted octanol–water partition coefficient (Wildman–Crippen LogP) is 2.66. The Bertz CT molecular complexity index is 707. The molecule has 2 aromatic carbocycles. The monoisotopic (exact) mass is 266 g/mol. The Kier molecular flexibility index (Phi) is 2.30. The number of hydrogen-bond acceptors (Lipinski definition) is 2. The van der Waals surface area contributed by atoms with E-state index in [-0.39, 0.29) is 11.8 Å². The number of carboxylic acid groups (broad SMARTS) is 1. The van der Waals surface area contributed by atoms with Crippen LogP contribution >= 0.6 is 0 Å². The smallest absolute Gasteiger partial charge is 0.308 e. The largest absolute Gasteiger partial charge is 0.481 e. The molecule has 4 unspecified atom stereocenters. The lowest BCUT2D eigenvalue weighted by Crippen LogP contribution is -2.31. The highest BCUT2D eigenvalue weighted by molar-refractivity contribution is 5.78. The molecule has 2 N–H and O–H groups in total. The highest BCUT2D eigenvalue weighted by Gasteiger charge is 2.53. The van der Waals surface area contributed by atoms with Gasteiger partial charge in [0.05, 0.1) is 12.0 Å². The van der Waals surface area contributed by atoms with Crippen LogP contribution < -0.4 is 0 Å². The number of aliphatic hydroxyl groups is 1. The third-order valence-corrected chi connectivity index (χ3v) is 4.71. The molecular formula is C17H14O3. The van der Waals surface area contributed by atoms with Crippen molar-refractivity contribution in [1.82, 2.24) is 0 Å². The van der Waals surface area contributed by atoms with E-state index in [1.807, 2.05) is 48.5 Å². The maximum absolute atomic E-state index is 11.7. The lowest BCUT2D eigenvalue weighted by atomic mass is 9.71. The first-order valence-corrected chi connectivity index (χ1v) is 6.78. The average molecular weight is 266 g/mol. The summed E-state index contributed by atoms with van der Waals surface area (Å²) in [5.41, 5.74) is 3.85. The summed E-state index contributed by atoms with van der Waals surface area (Å²) in [4.78, 5) is 11.7. The molecule has 3 nitrogen and oxygen atoms in total. The Hall–Kier alpha value is -2.13. The Morgan fingerprint density at radius 2 is 1.35 bits per heavy atom. The van der Waals surface area contributed by atoms with Crippen LogP contribution in [0, 0.1) is 5.92 Å². The third-order valence-electron chi connectivity index (χ3n) is 4.71. The van der Waals surface area contributed by atoms with E-state index in [1.54, 1.807) is 0 Å². The van der Waals surface area contributed by atoms with Crippen molar-refractivity contribution in [3.63, 3.8) is 0 Å². The second kappa shape index (κ2) is 3.93. The minimum atomic E-state index is -0.829. The van der Waals surface area contributed by atoms with Crippen LogP contribution in [0.2, 0.25) is 0 Å². The number of aliphatic carboxylic acids is 1. The minimum absolute atomic E-state index is 0.145. The van der Waals surface area contributed by atoms with E-state index in [9.17, 15) is 15.0 Å². The zero-order valence-corrected chi connectivity index (χ0v) is 10.7. The number of benzene rings is 2. The molecule has 3 heteroatoms. The predicted molar refractivity (Wildman–Crippen MR) is 73.6 cm³/mol. The van der Waals surface area contributed by atoms with Crippen LogP contribution in [-0.4, -0.2) is 16.2 Å². The summed E-state index contributed by atoms with van der Waals surface area (Å²) in [5.74, 6) is -1.89. The van der Waals surface area contributed by atoms with Gasteiger partial charge in [0.2, 0.25) is 0 Å². The second-order valence-electron chi connectivity index (χ2n) is 5.57. The molecule has 0 fully saturated rings. The highest BCUT2D eigenvalue weighted by Crippen LogP contribution is 2.59. The van der Waals surface area contributed by atoms with Crippen LogP contribution in [0.1, 0.15) is 40.2 Å². The third kappa shape index (κ3) is 1.30. The van der Waals surface area contributed by atoms with Gasteiger partial charge in [-0.1, -0.05) is 48.5 Å². The standard InChI is InChI=1S/C17H14O3/c18-16-12-8-4-3-7-11(12)13-9-5-1-2-6-10(9)14(16)15(13)17(19)20/h1-8,13-16,18H,(H,19,20). The first-order valence-electron chi connectivity index (χ1n) is 6.78. The molecule has 0 spiro atoms. The first-order chi connectivity index (χ1) is 9.70. The van der Waals surface area contributed by atoms with Gasteiger partial charge in [0.15, 0.2) is 0 Å². The molecule has 2 aliphatic carbocycles. The summed E-state index contributed by atoms with van der Waals surface area (Å²) in [6.07, 6.45) is -0.743. The lowest BCUT2D eigenvalue weighted by Gasteiger charge is -2.33. The molecule has 0 saturated carbocycles. The van der Waals surface area contributed by atoms with Gasteiger partial charge >= 0.3 is 5.97 Å². The number of aliphatic hydroxyl groups excluding tert-OH is 1. The van der Waals surface area contributed by atoms with Crippen molar-refractivity contribution in [3.8, 4) is 0 Å². The van der Waals surface area contributed by atoms with Crippen LogP contribution in [0.4, 0.5) is 0 Å². The molecule has 20 heavy (non-hydrogen) atoms. The van der Waals surface area contributed by atoms with Crippen LogP contribution in [-0.2, 0) is 4.79 Å². The topological polar surface area (TPSA) is 57.5 Å². The summed E-state index contributed by atoms with van der Waals surface area (Å²) in [6, 6.07) is 15.4. The van der Waals surface area contributed by atoms with Gasteiger partial charge in [-0.05, 0) is 22.3 Å². The first kappa shape index (κ1) is 11.7. The zero-order valence-electron chi connectivity index (χ0n) is 10.7. The molecule has 0 amide bonds. The minimum Gasteiger partial charge on any atom is -0.481 e. The van der Waals surface area contributed by atoms with Gasteiger partial charge in [0, 0.05) is 11.8 Å². The average Bonchev–Trinajstić information content (AvgIpc) is 2.77. The van der Waals surface area contributed by atoms with Crippen molar-refractivity contribution in [2.45, 2.75) is 17.9 Å². The maximum Gasteiger partial charge on any atom is 0.308 e. The van der Waals surface area contributed by atoms with Crippen LogP contribution in [0.25, 0.3) is 0 Å². The zero-order chi connectivity index (χ0) is 13.9. The van der Waals surface area contributed by atoms with Gasteiger partial charge in [0.25, 0.3) is 0 Å². The Morgan fingerprint density at radius 3 is 1.95 bits per heavy atom. The molecule has 0 aliphatic heterocycles. The van der Waals surface area contributed by atoms with Gasteiger partial charge < -0.3 is 10.2 Å². The van der Waals surface area contributed by atoms with Gasteiger partial charge in [0.1, 0.15) is 0 Å². The number of rotatable bonds is 1. The van der Waals surface area contributed by atoms with Crippen molar-refractivity contribution < 1.29 is 15.0 Å². The maximum atomic E-state index is 11.7. The molecule has 2 aliphatic rings. The van der Waals surface area contributed by atoms with E-state index >= 15 is 0 Å². The summed E-state index contributed by atoms with van der Waals surface area (Å²) in [6.45, 7) is 0.